The van der Waals surface area contributed by atoms with Gasteiger partial charge in [-0.25, -0.2) is 13.9 Å². The molecule has 2 aromatic heterocycles. The molecule has 1 aromatic carbocycles. The van der Waals surface area contributed by atoms with E-state index < -0.39 is 17.6 Å². The second-order valence-corrected chi connectivity index (χ2v) is 6.89. The van der Waals surface area contributed by atoms with Gasteiger partial charge < -0.3 is 9.73 Å². The van der Waals surface area contributed by atoms with Gasteiger partial charge in [-0.3, -0.25) is 15.0 Å². The van der Waals surface area contributed by atoms with Crippen molar-refractivity contribution in [2.45, 2.75) is 6.92 Å². The lowest BCUT2D eigenvalue weighted by molar-refractivity contribution is -0.114. The highest BCUT2D eigenvalue weighted by Crippen LogP contribution is 2.37. The Bertz CT molecular complexity index is 1170. The molecule has 0 saturated carbocycles. The molecule has 1 fully saturated rings. The number of rotatable bonds is 4. The lowest BCUT2D eigenvalue weighted by atomic mass is 10.1. The first kappa shape index (κ1) is 18.6. The fourth-order valence-electron chi connectivity index (χ4n) is 2.62. The summed E-state index contributed by atoms with van der Waals surface area (Å²) in [6.07, 6.45) is 1.44. The van der Waals surface area contributed by atoms with Crippen molar-refractivity contribution < 1.29 is 23.0 Å². The largest absolute Gasteiger partial charge is 0.457 e. The summed E-state index contributed by atoms with van der Waals surface area (Å²) in [4.78, 5) is 25.2. The molecule has 0 atom stereocenters. The molecule has 4 rings (SSSR count). The molecule has 1 aliphatic heterocycles. The van der Waals surface area contributed by atoms with Gasteiger partial charge in [-0.05, 0) is 46.3 Å². The second kappa shape index (κ2) is 7.36. The van der Waals surface area contributed by atoms with Gasteiger partial charge in [0.05, 0.1) is 10.5 Å². The third kappa shape index (κ3) is 3.55. The van der Waals surface area contributed by atoms with Gasteiger partial charge in [-0.2, -0.15) is 0 Å². The minimum atomic E-state index is -0.564. The number of carbonyl (C=O) groups is 2. The van der Waals surface area contributed by atoms with E-state index >= 15 is 0 Å². The molecule has 2 N–H and O–H groups in total. The Kier molecular flexibility index (Phi) is 4.72. The first-order chi connectivity index (χ1) is 13.9. The van der Waals surface area contributed by atoms with E-state index in [1.54, 1.807) is 30.3 Å². The molecule has 0 aliphatic carbocycles. The summed E-state index contributed by atoms with van der Waals surface area (Å²) in [6, 6.07) is 9.35. The Labute approximate surface area is 167 Å². The molecule has 3 aromatic rings. The molecular formula is C18H12FN5O4S. The predicted molar refractivity (Wildman–Crippen MR) is 103 cm³/mol. The van der Waals surface area contributed by atoms with E-state index in [2.05, 4.69) is 20.3 Å². The zero-order chi connectivity index (χ0) is 20.5. The number of hydrogen-bond acceptors (Lipinski definition) is 8. The van der Waals surface area contributed by atoms with Crippen LogP contribution >= 0.6 is 11.8 Å². The summed E-state index contributed by atoms with van der Waals surface area (Å²) in [5.74, 6) is -0.967. The van der Waals surface area contributed by atoms with Crippen LogP contribution in [0.2, 0.25) is 0 Å². The number of nitrogens with zero attached hydrogens (tertiary/aromatic N) is 3. The van der Waals surface area contributed by atoms with Gasteiger partial charge in [0, 0.05) is 13.0 Å². The minimum absolute atomic E-state index is 0.0720. The van der Waals surface area contributed by atoms with Crippen LogP contribution in [0.3, 0.4) is 0 Å². The topological polar surface area (TPSA) is 125 Å². The summed E-state index contributed by atoms with van der Waals surface area (Å²) in [6.45, 7) is 1.26. The number of carbonyl (C=O) groups excluding carboxylic acids is 2. The van der Waals surface area contributed by atoms with Gasteiger partial charge in [0.1, 0.15) is 17.3 Å². The van der Waals surface area contributed by atoms with Crippen LogP contribution in [0.25, 0.3) is 17.4 Å². The van der Waals surface area contributed by atoms with Crippen molar-refractivity contribution in [2.75, 3.05) is 10.2 Å². The van der Waals surface area contributed by atoms with Crippen LogP contribution in [0.4, 0.5) is 16.0 Å². The maximum atomic E-state index is 13.9. The first-order valence-electron chi connectivity index (χ1n) is 8.21. The summed E-state index contributed by atoms with van der Waals surface area (Å²) in [7, 11) is 0. The van der Waals surface area contributed by atoms with Crippen molar-refractivity contribution in [3.05, 3.63) is 52.9 Å². The van der Waals surface area contributed by atoms with E-state index in [0.29, 0.717) is 17.1 Å². The Morgan fingerprint density at radius 1 is 1.28 bits per heavy atom. The molecule has 0 radical (unpaired) electrons. The minimum Gasteiger partial charge on any atom is -0.457 e. The third-order valence-corrected chi connectivity index (χ3v) is 4.73. The van der Waals surface area contributed by atoms with Gasteiger partial charge in [0.15, 0.2) is 5.17 Å². The highest BCUT2D eigenvalue weighted by molar-refractivity contribution is 8.19. The Hall–Kier alpha value is -3.73. The molecule has 9 nitrogen and oxygen atoms in total. The zero-order valence-corrected chi connectivity index (χ0v) is 15.6. The lowest BCUT2D eigenvalue weighted by Crippen LogP contribution is -2.29. The van der Waals surface area contributed by atoms with Crippen LogP contribution in [0, 0.1) is 11.2 Å². The van der Waals surface area contributed by atoms with E-state index in [1.807, 2.05) is 0 Å². The SMILES string of the molecule is CC(=O)Nc1nonc1N1C(=N)S/C(=C\c2ccc(-c3ccccc3F)o2)C1=O. The van der Waals surface area contributed by atoms with Gasteiger partial charge in [0.2, 0.25) is 17.5 Å². The maximum absolute atomic E-state index is 13.9. The Morgan fingerprint density at radius 3 is 2.83 bits per heavy atom. The quantitative estimate of drug-likeness (QED) is 0.627. The number of furan rings is 1. The van der Waals surface area contributed by atoms with E-state index in [1.165, 1.54) is 19.1 Å². The molecule has 11 heteroatoms. The number of amides is 2. The third-order valence-electron chi connectivity index (χ3n) is 3.84. The number of amidine groups is 1. The van der Waals surface area contributed by atoms with E-state index in [9.17, 15) is 14.0 Å². The van der Waals surface area contributed by atoms with E-state index in [-0.39, 0.29) is 21.7 Å². The highest BCUT2D eigenvalue weighted by atomic mass is 32.2. The smallest absolute Gasteiger partial charge is 0.272 e. The normalized spacial score (nSPS) is 15.4. The average Bonchev–Trinajstić information content (AvgIpc) is 3.37. The lowest BCUT2D eigenvalue weighted by Gasteiger charge is -2.10. The number of benzene rings is 1. The van der Waals surface area contributed by atoms with Crippen molar-refractivity contribution >= 4 is 46.5 Å². The molecule has 1 aliphatic rings. The summed E-state index contributed by atoms with van der Waals surface area (Å²) < 4.78 is 24.1. The van der Waals surface area contributed by atoms with Gasteiger partial charge >= 0.3 is 0 Å². The molecule has 3 heterocycles. The fourth-order valence-corrected chi connectivity index (χ4v) is 3.44. The molecule has 29 heavy (non-hydrogen) atoms. The molecule has 0 spiro atoms. The number of thioether (sulfide) groups is 1. The van der Waals surface area contributed by atoms with Gasteiger partial charge in [-0.1, -0.05) is 12.1 Å². The monoisotopic (exact) mass is 413 g/mol. The van der Waals surface area contributed by atoms with Crippen LogP contribution in [0.5, 0.6) is 0 Å². The number of anilines is 2. The first-order valence-corrected chi connectivity index (χ1v) is 9.03. The van der Waals surface area contributed by atoms with Gasteiger partial charge in [0.25, 0.3) is 5.91 Å². The summed E-state index contributed by atoms with van der Waals surface area (Å²) in [5.41, 5.74) is 0.297. The van der Waals surface area contributed by atoms with Crippen molar-refractivity contribution in [1.29, 1.82) is 5.41 Å². The standard InChI is InChI=1S/C18H12FN5O4S/c1-9(25)21-15-16(23-28-22-15)24-17(26)14(29-18(24)20)8-10-6-7-13(27-10)11-4-2-3-5-12(11)19/h2-8,20H,1H3,(H,21,22,25)/b14-8-,20-18?. The second-order valence-electron chi connectivity index (χ2n) is 5.86. The molecule has 1 saturated heterocycles. The Balaban J connectivity index is 1.61. The van der Waals surface area contributed by atoms with E-state index in [0.717, 1.165) is 16.7 Å². The van der Waals surface area contributed by atoms with Crippen molar-refractivity contribution in [2.24, 2.45) is 0 Å². The van der Waals surface area contributed by atoms with Crippen LogP contribution in [-0.4, -0.2) is 27.3 Å². The van der Waals surface area contributed by atoms with Crippen LogP contribution in [-0.2, 0) is 9.59 Å². The van der Waals surface area contributed by atoms with Crippen molar-refractivity contribution in [3.8, 4) is 11.3 Å². The maximum Gasteiger partial charge on any atom is 0.272 e. The molecule has 0 bridgehead atoms. The highest BCUT2D eigenvalue weighted by Gasteiger charge is 2.38. The van der Waals surface area contributed by atoms with Crippen LogP contribution in [0.15, 0.2) is 50.3 Å². The van der Waals surface area contributed by atoms with Gasteiger partial charge in [-0.15, -0.1) is 0 Å². The summed E-state index contributed by atoms with van der Waals surface area (Å²) >= 11 is 0.875. The van der Waals surface area contributed by atoms with Crippen LogP contribution < -0.4 is 10.2 Å². The van der Waals surface area contributed by atoms with Crippen molar-refractivity contribution in [1.82, 2.24) is 10.3 Å². The fraction of sp³-hybridized carbons (Fsp3) is 0.0556. The number of nitrogens with one attached hydrogen (secondary N) is 2. The average molecular weight is 413 g/mol. The zero-order valence-electron chi connectivity index (χ0n) is 14.8. The van der Waals surface area contributed by atoms with Crippen LogP contribution in [0.1, 0.15) is 12.7 Å². The predicted octanol–water partition coefficient (Wildman–Crippen LogP) is 3.48. The molecule has 0 unspecified atom stereocenters. The number of hydrogen-bond donors (Lipinski definition) is 2. The number of aromatic nitrogens is 2. The molecule has 146 valence electrons. The number of halogens is 1. The Morgan fingerprint density at radius 2 is 2.07 bits per heavy atom. The summed E-state index contributed by atoms with van der Waals surface area (Å²) in [5, 5.41) is 17.5. The van der Waals surface area contributed by atoms with E-state index in [4.69, 9.17) is 9.83 Å². The molecule has 2 amide bonds. The van der Waals surface area contributed by atoms with Crippen molar-refractivity contribution in [3.63, 3.8) is 0 Å². The molecular weight excluding hydrogens is 401 g/mol.